The van der Waals surface area contributed by atoms with Crippen molar-refractivity contribution in [1.82, 2.24) is 14.5 Å². The lowest BCUT2D eigenvalue weighted by atomic mass is 9.98. The first-order valence-electron chi connectivity index (χ1n) is 10.3. The van der Waals surface area contributed by atoms with Gasteiger partial charge in [0.2, 0.25) is 0 Å². The van der Waals surface area contributed by atoms with Crippen LogP contribution >= 0.6 is 0 Å². The number of hydrogen-bond donors (Lipinski definition) is 1. The summed E-state index contributed by atoms with van der Waals surface area (Å²) < 4.78 is 41.0. The van der Waals surface area contributed by atoms with Crippen LogP contribution in [0, 0.1) is 18.3 Å². The molecule has 0 aliphatic carbocycles. The average molecular weight is 476 g/mol. The minimum absolute atomic E-state index is 0.140. The predicted molar refractivity (Wildman–Crippen MR) is 127 cm³/mol. The van der Waals surface area contributed by atoms with E-state index in [0.29, 0.717) is 50.7 Å². The first kappa shape index (κ1) is 21.6. The van der Waals surface area contributed by atoms with Crippen LogP contribution < -0.4 is 9.61 Å². The number of H-pyrrole nitrogens is 1. The minimum atomic E-state index is -5.19. The fourth-order valence-electron chi connectivity index (χ4n) is 4.41. The maximum Gasteiger partial charge on any atom is 0.488 e. The summed E-state index contributed by atoms with van der Waals surface area (Å²) in [5.74, 6) is -0.258. The Kier molecular flexibility index (Phi) is 4.88. The van der Waals surface area contributed by atoms with Gasteiger partial charge in [-0.05, 0) is 55.3 Å². The van der Waals surface area contributed by atoms with Gasteiger partial charge in [0.1, 0.15) is 5.65 Å². The van der Waals surface area contributed by atoms with Crippen molar-refractivity contribution in [3.05, 3.63) is 70.1 Å². The molecular formula is C24H17FN4O4S. The Hall–Kier alpha value is -4.23. The van der Waals surface area contributed by atoms with Crippen molar-refractivity contribution >= 4 is 43.3 Å². The fourth-order valence-corrected chi connectivity index (χ4v) is 4.73. The second kappa shape index (κ2) is 7.67. The van der Waals surface area contributed by atoms with Crippen LogP contribution in [0.1, 0.15) is 18.1 Å². The molecule has 170 valence electrons. The number of aromatic nitrogens is 3. The van der Waals surface area contributed by atoms with Crippen LogP contribution in [0.5, 0.6) is 5.75 Å². The number of nitrogens with one attached hydrogen (secondary N) is 1. The van der Waals surface area contributed by atoms with Gasteiger partial charge in [0.25, 0.3) is 0 Å². The molecule has 0 atom stereocenters. The molecule has 5 aromatic rings. The van der Waals surface area contributed by atoms with Gasteiger partial charge in [-0.15, -0.1) is 0 Å². The molecule has 0 saturated heterocycles. The van der Waals surface area contributed by atoms with Crippen molar-refractivity contribution in [3.8, 4) is 22.9 Å². The van der Waals surface area contributed by atoms with E-state index in [9.17, 15) is 22.4 Å². The Labute approximate surface area is 193 Å². The zero-order chi connectivity index (χ0) is 24.2. The zero-order valence-electron chi connectivity index (χ0n) is 18.1. The van der Waals surface area contributed by atoms with Gasteiger partial charge in [-0.3, -0.25) is 9.78 Å². The van der Waals surface area contributed by atoms with Gasteiger partial charge in [-0.1, -0.05) is 9.95 Å². The molecule has 10 heteroatoms. The van der Waals surface area contributed by atoms with Gasteiger partial charge < -0.3 is 13.7 Å². The first-order valence-corrected chi connectivity index (χ1v) is 11.6. The maximum absolute atomic E-state index is 13.6. The smallest absolute Gasteiger partial charge is 0.357 e. The van der Waals surface area contributed by atoms with Gasteiger partial charge in [0, 0.05) is 34.6 Å². The standard InChI is InChI=1S/C24H17FN4O4S/c1-3-29-21-9-18(15-8-16(12-27-11-15)33-34(25,31)32)13(2)6-19(21)23(30)22-17-5-4-14(10-26)7-20(17)28-24(22)29/h4-9,11-12,28H,3H2,1-2H3. The molecule has 2 aromatic carbocycles. The van der Waals surface area contributed by atoms with Crippen LogP contribution in [-0.2, 0) is 17.0 Å². The second-order valence-electron chi connectivity index (χ2n) is 7.86. The second-order valence-corrected chi connectivity index (χ2v) is 8.82. The number of halogens is 1. The summed E-state index contributed by atoms with van der Waals surface area (Å²) in [6.45, 7) is 4.33. The Morgan fingerprint density at radius 2 is 1.97 bits per heavy atom. The third-order valence-electron chi connectivity index (χ3n) is 5.82. The highest BCUT2D eigenvalue weighted by Crippen LogP contribution is 2.32. The molecule has 0 aliphatic heterocycles. The van der Waals surface area contributed by atoms with Crippen molar-refractivity contribution in [3.63, 3.8) is 0 Å². The Morgan fingerprint density at radius 1 is 1.18 bits per heavy atom. The van der Waals surface area contributed by atoms with Crippen molar-refractivity contribution in [2.24, 2.45) is 0 Å². The molecule has 3 aromatic heterocycles. The minimum Gasteiger partial charge on any atom is -0.357 e. The largest absolute Gasteiger partial charge is 0.488 e. The molecule has 0 aliphatic rings. The van der Waals surface area contributed by atoms with Gasteiger partial charge >= 0.3 is 10.5 Å². The number of hydrogen-bond acceptors (Lipinski definition) is 6. The lowest BCUT2D eigenvalue weighted by Gasteiger charge is -2.14. The normalized spacial score (nSPS) is 11.8. The third-order valence-corrected chi connectivity index (χ3v) is 6.21. The van der Waals surface area contributed by atoms with Crippen molar-refractivity contribution in [2.45, 2.75) is 20.4 Å². The van der Waals surface area contributed by atoms with Crippen LogP contribution in [0.15, 0.2) is 53.6 Å². The molecule has 0 radical (unpaired) electrons. The number of benzene rings is 2. The third kappa shape index (κ3) is 3.47. The van der Waals surface area contributed by atoms with Crippen molar-refractivity contribution < 1.29 is 16.5 Å². The lowest BCUT2D eigenvalue weighted by Crippen LogP contribution is -2.11. The summed E-state index contributed by atoms with van der Waals surface area (Å²) >= 11 is 0. The molecule has 5 rings (SSSR count). The van der Waals surface area contributed by atoms with E-state index in [2.05, 4.69) is 20.2 Å². The summed E-state index contributed by atoms with van der Waals surface area (Å²) in [4.78, 5) is 20.8. The van der Waals surface area contributed by atoms with E-state index in [1.807, 2.05) is 24.5 Å². The van der Waals surface area contributed by atoms with Crippen molar-refractivity contribution in [1.29, 1.82) is 5.26 Å². The summed E-state index contributed by atoms with van der Waals surface area (Å²) in [5.41, 5.74) is 4.29. The van der Waals surface area contributed by atoms with Gasteiger partial charge in [-0.25, -0.2) is 0 Å². The van der Waals surface area contributed by atoms with E-state index in [1.54, 1.807) is 24.3 Å². The Balaban J connectivity index is 1.82. The summed E-state index contributed by atoms with van der Waals surface area (Å²) in [6.07, 6.45) is 2.60. The molecule has 0 spiro atoms. The first-order chi connectivity index (χ1) is 16.2. The Bertz CT molecular complexity index is 1850. The topological polar surface area (TPSA) is 118 Å². The highest BCUT2D eigenvalue weighted by molar-refractivity contribution is 7.81. The Morgan fingerprint density at radius 3 is 2.68 bits per heavy atom. The molecule has 0 fully saturated rings. The predicted octanol–water partition coefficient (Wildman–Crippen LogP) is 4.49. The summed E-state index contributed by atoms with van der Waals surface area (Å²) in [7, 11) is -5.19. The van der Waals surface area contributed by atoms with Crippen LogP contribution in [0.2, 0.25) is 0 Å². The lowest BCUT2D eigenvalue weighted by molar-refractivity contribution is 0.439. The number of aryl methyl sites for hydroxylation is 2. The van der Waals surface area contributed by atoms with Crippen LogP contribution in [0.25, 0.3) is 44.0 Å². The van der Waals surface area contributed by atoms with E-state index < -0.39 is 10.5 Å². The molecule has 8 nitrogen and oxygen atoms in total. The number of nitrogens with zero attached hydrogens (tertiary/aromatic N) is 3. The monoisotopic (exact) mass is 476 g/mol. The van der Waals surface area contributed by atoms with Gasteiger partial charge in [0.15, 0.2) is 11.2 Å². The quantitative estimate of drug-likeness (QED) is 0.382. The number of aromatic amines is 1. The van der Waals surface area contributed by atoms with Crippen LogP contribution in [-0.4, -0.2) is 23.0 Å². The molecular weight excluding hydrogens is 459 g/mol. The number of rotatable bonds is 4. The average Bonchev–Trinajstić information content (AvgIpc) is 3.17. The van der Waals surface area contributed by atoms with E-state index in [0.717, 1.165) is 17.1 Å². The molecule has 0 bridgehead atoms. The SMILES string of the molecule is CCn1c2cc(-c3cncc(OS(=O)(=O)F)c3)c(C)cc2c(=O)c2c3ccc(C#N)cc3[nH]c21. The van der Waals surface area contributed by atoms with Gasteiger partial charge in [-0.2, -0.15) is 13.7 Å². The van der Waals surface area contributed by atoms with Gasteiger partial charge in [0.05, 0.1) is 28.7 Å². The molecule has 34 heavy (non-hydrogen) atoms. The van der Waals surface area contributed by atoms with E-state index in [1.165, 1.54) is 12.3 Å². The highest BCUT2D eigenvalue weighted by atomic mass is 32.3. The summed E-state index contributed by atoms with van der Waals surface area (Å²) in [5, 5.41) is 11.0. The van der Waals surface area contributed by atoms with E-state index >= 15 is 0 Å². The van der Waals surface area contributed by atoms with E-state index in [-0.39, 0.29) is 11.2 Å². The van der Waals surface area contributed by atoms with Crippen LogP contribution in [0.3, 0.4) is 0 Å². The number of pyridine rings is 2. The van der Waals surface area contributed by atoms with E-state index in [4.69, 9.17) is 0 Å². The molecule has 0 unspecified atom stereocenters. The molecule has 1 N–H and O–H groups in total. The van der Waals surface area contributed by atoms with Crippen LogP contribution in [0.4, 0.5) is 3.89 Å². The zero-order valence-corrected chi connectivity index (χ0v) is 18.9. The summed E-state index contributed by atoms with van der Waals surface area (Å²) in [6, 6.07) is 12.3. The molecule has 0 amide bonds. The maximum atomic E-state index is 13.6. The molecule has 3 heterocycles. The fraction of sp³-hybridized carbons (Fsp3) is 0.125. The number of nitriles is 1. The van der Waals surface area contributed by atoms with Crippen molar-refractivity contribution in [2.75, 3.05) is 0 Å². The highest BCUT2D eigenvalue weighted by Gasteiger charge is 2.18. The molecule has 0 saturated carbocycles. The number of fused-ring (bicyclic) bond motifs is 4.